The summed E-state index contributed by atoms with van der Waals surface area (Å²) < 4.78 is 0. The Morgan fingerprint density at radius 2 is 0.971 bits per heavy atom. The van der Waals surface area contributed by atoms with Gasteiger partial charge in [-0.1, -0.05) is 127 Å². The van der Waals surface area contributed by atoms with Gasteiger partial charge in [-0.05, 0) is 71.9 Å². The van der Waals surface area contributed by atoms with Gasteiger partial charge < -0.3 is 0 Å². The van der Waals surface area contributed by atoms with Crippen LogP contribution in [0, 0.1) is 0 Å². The van der Waals surface area contributed by atoms with Gasteiger partial charge in [-0.2, -0.15) is 0 Å². The summed E-state index contributed by atoms with van der Waals surface area (Å²) in [6, 6.07) is 14.6. The molecule has 0 unspecified atom stereocenters. The molecule has 1 aliphatic rings. The SMILES string of the molecule is C=CCC1(CC=C)c2cc(CCCCCCCC)ccc2-c2ccc(CCCCCCCC)cc21. The highest BCUT2D eigenvalue weighted by atomic mass is 14.4. The number of unbranched alkanes of at least 4 members (excludes halogenated alkanes) is 10. The number of rotatable bonds is 18. The lowest BCUT2D eigenvalue weighted by Gasteiger charge is -2.31. The van der Waals surface area contributed by atoms with Crippen molar-refractivity contribution in [2.45, 2.75) is 122 Å². The zero-order valence-electron chi connectivity index (χ0n) is 22.8. The van der Waals surface area contributed by atoms with Gasteiger partial charge in [0.05, 0.1) is 0 Å². The minimum Gasteiger partial charge on any atom is -0.103 e. The molecule has 0 heteroatoms. The van der Waals surface area contributed by atoms with E-state index in [4.69, 9.17) is 0 Å². The largest absolute Gasteiger partial charge is 0.103 e. The lowest BCUT2D eigenvalue weighted by atomic mass is 9.72. The molecule has 1 aliphatic carbocycles. The van der Waals surface area contributed by atoms with Gasteiger partial charge in [0.15, 0.2) is 0 Å². The molecule has 0 fully saturated rings. The fraction of sp³-hybridized carbons (Fsp3) is 0.543. The van der Waals surface area contributed by atoms with Crippen molar-refractivity contribution in [2.24, 2.45) is 0 Å². The molecule has 0 N–H and O–H groups in total. The summed E-state index contributed by atoms with van der Waals surface area (Å²) in [6.07, 6.45) is 24.8. The molecule has 0 aromatic heterocycles. The molecule has 0 radical (unpaired) electrons. The van der Waals surface area contributed by atoms with E-state index >= 15 is 0 Å². The summed E-state index contributed by atoms with van der Waals surface area (Å²) in [5, 5.41) is 0. The Morgan fingerprint density at radius 1 is 0.571 bits per heavy atom. The van der Waals surface area contributed by atoms with Gasteiger partial charge in [-0.15, -0.1) is 13.2 Å². The van der Waals surface area contributed by atoms with Crippen molar-refractivity contribution in [2.75, 3.05) is 0 Å². The van der Waals surface area contributed by atoms with E-state index in [-0.39, 0.29) is 5.41 Å². The zero-order chi connectivity index (χ0) is 24.9. The first-order valence-corrected chi connectivity index (χ1v) is 14.7. The molecule has 35 heavy (non-hydrogen) atoms. The Kier molecular flexibility index (Phi) is 11.4. The maximum Gasteiger partial charge on any atom is 0.0283 e. The molecule has 190 valence electrons. The molecule has 0 bridgehead atoms. The van der Waals surface area contributed by atoms with Gasteiger partial charge in [0.1, 0.15) is 0 Å². The topological polar surface area (TPSA) is 0 Å². The third kappa shape index (κ3) is 6.99. The van der Waals surface area contributed by atoms with Crippen molar-refractivity contribution in [3.05, 3.63) is 84.0 Å². The lowest BCUT2D eigenvalue weighted by molar-refractivity contribution is 0.541. The molecule has 0 amide bonds. The first-order chi connectivity index (χ1) is 17.2. The van der Waals surface area contributed by atoms with Gasteiger partial charge in [0.25, 0.3) is 0 Å². The molecule has 0 saturated carbocycles. The van der Waals surface area contributed by atoms with Crippen LogP contribution in [-0.4, -0.2) is 0 Å². The number of hydrogen-bond donors (Lipinski definition) is 0. The molecular weight excluding hydrogens is 420 g/mol. The van der Waals surface area contributed by atoms with E-state index in [1.807, 2.05) is 0 Å². The molecule has 0 heterocycles. The number of hydrogen-bond acceptors (Lipinski definition) is 0. The molecule has 0 atom stereocenters. The first-order valence-electron chi connectivity index (χ1n) is 14.7. The summed E-state index contributed by atoms with van der Waals surface area (Å²) in [7, 11) is 0. The second-order valence-electron chi connectivity index (χ2n) is 10.9. The van der Waals surface area contributed by atoms with E-state index < -0.39 is 0 Å². The van der Waals surface area contributed by atoms with Crippen LogP contribution in [0.4, 0.5) is 0 Å². The Balaban J connectivity index is 1.79. The second-order valence-corrected chi connectivity index (χ2v) is 10.9. The predicted molar refractivity (Wildman–Crippen MR) is 156 cm³/mol. The molecule has 2 aromatic rings. The minimum absolute atomic E-state index is 0.0115. The molecule has 0 aliphatic heterocycles. The Labute approximate surface area is 216 Å². The van der Waals surface area contributed by atoms with Gasteiger partial charge >= 0.3 is 0 Å². The van der Waals surface area contributed by atoms with Crippen LogP contribution in [0.15, 0.2) is 61.7 Å². The van der Waals surface area contributed by atoms with Gasteiger partial charge in [0, 0.05) is 5.41 Å². The maximum atomic E-state index is 4.18. The van der Waals surface area contributed by atoms with Crippen LogP contribution in [0.5, 0.6) is 0 Å². The highest BCUT2D eigenvalue weighted by Crippen LogP contribution is 2.53. The maximum absolute atomic E-state index is 4.18. The quantitative estimate of drug-likeness (QED) is 0.150. The van der Waals surface area contributed by atoms with Gasteiger partial charge in [0.2, 0.25) is 0 Å². The van der Waals surface area contributed by atoms with Crippen LogP contribution in [0.3, 0.4) is 0 Å². The van der Waals surface area contributed by atoms with Crippen LogP contribution < -0.4 is 0 Å². The third-order valence-corrected chi connectivity index (χ3v) is 8.11. The predicted octanol–water partition coefficient (Wildman–Crippen LogP) is 10.9. The monoisotopic (exact) mass is 470 g/mol. The Hall–Kier alpha value is -2.08. The van der Waals surface area contributed by atoms with Crippen LogP contribution in [0.1, 0.15) is 126 Å². The molecular formula is C35H50. The molecule has 0 saturated heterocycles. The van der Waals surface area contributed by atoms with Crippen LogP contribution >= 0.6 is 0 Å². The molecule has 3 rings (SSSR count). The fourth-order valence-electron chi connectivity index (χ4n) is 6.14. The molecule has 2 aromatic carbocycles. The molecule has 0 nitrogen and oxygen atoms in total. The average molecular weight is 471 g/mol. The summed E-state index contributed by atoms with van der Waals surface area (Å²) >= 11 is 0. The lowest BCUT2D eigenvalue weighted by Crippen LogP contribution is -2.24. The van der Waals surface area contributed by atoms with Crippen molar-refractivity contribution < 1.29 is 0 Å². The van der Waals surface area contributed by atoms with Crippen molar-refractivity contribution in [3.8, 4) is 11.1 Å². The Bertz CT molecular complexity index is 854. The minimum atomic E-state index is -0.0115. The zero-order valence-corrected chi connectivity index (χ0v) is 22.8. The van der Waals surface area contributed by atoms with Crippen LogP contribution in [0.2, 0.25) is 0 Å². The number of aryl methyl sites for hydroxylation is 2. The third-order valence-electron chi connectivity index (χ3n) is 8.11. The summed E-state index contributed by atoms with van der Waals surface area (Å²) in [5.74, 6) is 0. The summed E-state index contributed by atoms with van der Waals surface area (Å²) in [6.45, 7) is 12.9. The van der Waals surface area contributed by atoms with E-state index in [0.29, 0.717) is 0 Å². The smallest absolute Gasteiger partial charge is 0.0283 e. The van der Waals surface area contributed by atoms with Gasteiger partial charge in [-0.25, -0.2) is 0 Å². The van der Waals surface area contributed by atoms with E-state index in [2.05, 4.69) is 75.6 Å². The normalized spacial score (nSPS) is 13.4. The van der Waals surface area contributed by atoms with E-state index in [9.17, 15) is 0 Å². The first kappa shape index (κ1) is 27.5. The average Bonchev–Trinajstić information content (AvgIpc) is 3.12. The van der Waals surface area contributed by atoms with Crippen LogP contribution in [-0.2, 0) is 18.3 Å². The number of benzene rings is 2. The van der Waals surface area contributed by atoms with Crippen molar-refractivity contribution in [3.63, 3.8) is 0 Å². The van der Waals surface area contributed by atoms with E-state index in [1.54, 1.807) is 0 Å². The standard InChI is InChI=1S/C35H50/c1-5-9-11-13-15-17-19-29-21-23-31-32-24-22-30(20-18-16-14-12-10-6-2)28-34(32)35(25-7-3,26-8-4)33(31)27-29/h7-8,21-24,27-28H,3-6,9-20,25-26H2,1-2H3. The van der Waals surface area contributed by atoms with Crippen molar-refractivity contribution >= 4 is 0 Å². The van der Waals surface area contributed by atoms with E-state index in [1.165, 1.54) is 123 Å². The van der Waals surface area contributed by atoms with Crippen molar-refractivity contribution in [1.82, 2.24) is 0 Å². The Morgan fingerprint density at radius 3 is 1.37 bits per heavy atom. The fourth-order valence-corrected chi connectivity index (χ4v) is 6.14. The highest BCUT2D eigenvalue weighted by molar-refractivity contribution is 5.82. The summed E-state index contributed by atoms with van der Waals surface area (Å²) in [5.41, 5.74) is 8.86. The van der Waals surface area contributed by atoms with E-state index in [0.717, 1.165) is 12.8 Å². The summed E-state index contributed by atoms with van der Waals surface area (Å²) in [4.78, 5) is 0. The van der Waals surface area contributed by atoms with Crippen LogP contribution in [0.25, 0.3) is 11.1 Å². The van der Waals surface area contributed by atoms with Crippen molar-refractivity contribution in [1.29, 1.82) is 0 Å². The number of allylic oxidation sites excluding steroid dienone is 2. The highest BCUT2D eigenvalue weighted by Gasteiger charge is 2.41. The number of fused-ring (bicyclic) bond motifs is 3. The van der Waals surface area contributed by atoms with Gasteiger partial charge in [-0.3, -0.25) is 0 Å². The second kappa shape index (κ2) is 14.5. The molecule has 0 spiro atoms.